The molecule has 0 saturated carbocycles. The van der Waals surface area contributed by atoms with Crippen LogP contribution in [0.1, 0.15) is 30.5 Å². The van der Waals surface area contributed by atoms with Gasteiger partial charge in [0, 0.05) is 19.5 Å². The van der Waals surface area contributed by atoms with Crippen molar-refractivity contribution in [3.8, 4) is 0 Å². The molecule has 0 aliphatic heterocycles. The summed E-state index contributed by atoms with van der Waals surface area (Å²) < 4.78 is 0.943. The predicted octanol–water partition coefficient (Wildman–Crippen LogP) is 6.50. The molecule has 0 heterocycles. The van der Waals surface area contributed by atoms with E-state index in [1.54, 1.807) is 6.07 Å². The zero-order valence-electron chi connectivity index (χ0n) is 11.5. The van der Waals surface area contributed by atoms with Gasteiger partial charge in [0.05, 0.1) is 6.04 Å². The van der Waals surface area contributed by atoms with Gasteiger partial charge in [0.2, 0.25) is 0 Å². The molecule has 1 N–H and O–H groups in total. The molecule has 0 amide bonds. The normalized spacial score (nSPS) is 12.4. The number of hydrogen-bond donors (Lipinski definition) is 1. The van der Waals surface area contributed by atoms with Gasteiger partial charge >= 0.3 is 0 Å². The Kier molecular flexibility index (Phi) is 6.39. The van der Waals surface area contributed by atoms with Gasteiger partial charge in [0.1, 0.15) is 0 Å². The minimum Gasteiger partial charge on any atom is -0.306 e. The maximum atomic E-state index is 6.36. The average Bonchev–Trinajstić information content (AvgIpc) is 2.40. The van der Waals surface area contributed by atoms with Gasteiger partial charge in [0.25, 0.3) is 0 Å². The van der Waals surface area contributed by atoms with Crippen LogP contribution in [0.15, 0.2) is 40.9 Å². The first kappa shape index (κ1) is 17.1. The maximum absolute atomic E-state index is 6.36. The first-order chi connectivity index (χ1) is 10.0. The molecule has 21 heavy (non-hydrogen) atoms. The van der Waals surface area contributed by atoms with Gasteiger partial charge in [0.15, 0.2) is 0 Å². The summed E-state index contributed by atoms with van der Waals surface area (Å²) in [6.07, 6.45) is 1.03. The second-order valence-electron chi connectivity index (χ2n) is 4.76. The molecule has 5 heteroatoms. The van der Waals surface area contributed by atoms with E-state index < -0.39 is 0 Å². The summed E-state index contributed by atoms with van der Waals surface area (Å²) in [7, 11) is 0. The fourth-order valence-electron chi connectivity index (χ4n) is 2.17. The van der Waals surface area contributed by atoms with Gasteiger partial charge in [-0.15, -0.1) is 0 Å². The molecule has 0 bridgehead atoms. The molecular weight excluding hydrogens is 392 g/mol. The van der Waals surface area contributed by atoms with Gasteiger partial charge in [-0.1, -0.05) is 63.7 Å². The molecule has 0 saturated heterocycles. The molecule has 2 rings (SSSR count). The molecular formula is C16H15BrCl3N. The quantitative estimate of drug-likeness (QED) is 0.597. The smallest absolute Gasteiger partial charge is 0.0592 e. The van der Waals surface area contributed by atoms with Crippen molar-refractivity contribution in [3.63, 3.8) is 0 Å². The van der Waals surface area contributed by atoms with Crippen molar-refractivity contribution in [1.82, 2.24) is 5.32 Å². The summed E-state index contributed by atoms with van der Waals surface area (Å²) in [5.74, 6) is 0. The Labute approximate surface area is 148 Å². The van der Waals surface area contributed by atoms with Crippen molar-refractivity contribution in [2.24, 2.45) is 0 Å². The number of nitrogens with one attached hydrogen (secondary N) is 1. The van der Waals surface area contributed by atoms with E-state index in [0.717, 1.165) is 28.6 Å². The number of rotatable bonds is 5. The van der Waals surface area contributed by atoms with Crippen molar-refractivity contribution in [3.05, 3.63) is 67.1 Å². The fraction of sp³-hybridized carbons (Fsp3) is 0.250. The highest BCUT2D eigenvalue weighted by Gasteiger charge is 2.17. The van der Waals surface area contributed by atoms with Crippen LogP contribution in [0.2, 0.25) is 15.1 Å². The van der Waals surface area contributed by atoms with Crippen LogP contribution in [0.4, 0.5) is 0 Å². The van der Waals surface area contributed by atoms with Gasteiger partial charge < -0.3 is 5.32 Å². The lowest BCUT2D eigenvalue weighted by Crippen LogP contribution is -2.23. The maximum Gasteiger partial charge on any atom is 0.0592 e. The molecule has 0 fully saturated rings. The third kappa shape index (κ3) is 4.61. The van der Waals surface area contributed by atoms with Crippen LogP contribution < -0.4 is 5.32 Å². The third-order valence-electron chi connectivity index (χ3n) is 3.09. The summed E-state index contributed by atoms with van der Waals surface area (Å²) in [6.45, 7) is 3.01. The number of benzene rings is 2. The molecule has 1 unspecified atom stereocenters. The van der Waals surface area contributed by atoms with Crippen LogP contribution in [-0.4, -0.2) is 6.54 Å². The van der Waals surface area contributed by atoms with Gasteiger partial charge in [-0.05, 0) is 54.4 Å². The molecule has 1 atom stereocenters. The van der Waals surface area contributed by atoms with Crippen LogP contribution in [0, 0.1) is 0 Å². The minimum atomic E-state index is -0.0234. The summed E-state index contributed by atoms with van der Waals surface area (Å²) in [6, 6.07) is 11.4. The summed E-state index contributed by atoms with van der Waals surface area (Å²) in [5.41, 5.74) is 2.05. The Balaban J connectivity index is 2.46. The molecule has 1 nitrogen and oxygen atoms in total. The van der Waals surface area contributed by atoms with Crippen molar-refractivity contribution < 1.29 is 0 Å². The van der Waals surface area contributed by atoms with E-state index in [4.69, 9.17) is 34.8 Å². The summed E-state index contributed by atoms with van der Waals surface area (Å²) >= 11 is 22.0. The van der Waals surface area contributed by atoms with Crippen LogP contribution in [0.25, 0.3) is 0 Å². The first-order valence-electron chi connectivity index (χ1n) is 6.65. The number of halogens is 4. The SMILES string of the molecule is CCCNC(c1cc(Cl)cc(Br)c1)c1ccc(Cl)cc1Cl. The van der Waals surface area contributed by atoms with Gasteiger partial charge in [-0.25, -0.2) is 0 Å². The molecule has 0 aromatic heterocycles. The van der Waals surface area contributed by atoms with E-state index in [2.05, 4.69) is 28.2 Å². The van der Waals surface area contributed by atoms with Crippen LogP contribution in [0.5, 0.6) is 0 Å². The van der Waals surface area contributed by atoms with E-state index in [9.17, 15) is 0 Å². The highest BCUT2D eigenvalue weighted by atomic mass is 79.9. The lowest BCUT2D eigenvalue weighted by molar-refractivity contribution is 0.598. The predicted molar refractivity (Wildman–Crippen MR) is 95.8 cm³/mol. The van der Waals surface area contributed by atoms with Crippen LogP contribution >= 0.6 is 50.7 Å². The molecule has 2 aromatic carbocycles. The number of hydrogen-bond acceptors (Lipinski definition) is 1. The van der Waals surface area contributed by atoms with E-state index in [1.165, 1.54) is 0 Å². The zero-order valence-corrected chi connectivity index (χ0v) is 15.3. The Hall–Kier alpha value is -0.250. The monoisotopic (exact) mass is 405 g/mol. The highest BCUT2D eigenvalue weighted by Crippen LogP contribution is 2.33. The van der Waals surface area contributed by atoms with Crippen molar-refractivity contribution in [1.29, 1.82) is 0 Å². The Bertz CT molecular complexity index is 611. The highest BCUT2D eigenvalue weighted by molar-refractivity contribution is 9.10. The summed E-state index contributed by atoms with van der Waals surface area (Å²) in [4.78, 5) is 0. The van der Waals surface area contributed by atoms with E-state index >= 15 is 0 Å². The molecule has 0 aliphatic rings. The van der Waals surface area contributed by atoms with E-state index in [0.29, 0.717) is 15.1 Å². The summed E-state index contributed by atoms with van der Waals surface area (Å²) in [5, 5.41) is 5.47. The first-order valence-corrected chi connectivity index (χ1v) is 8.58. The van der Waals surface area contributed by atoms with E-state index in [-0.39, 0.29) is 6.04 Å². The zero-order chi connectivity index (χ0) is 15.4. The molecule has 112 valence electrons. The van der Waals surface area contributed by atoms with Crippen LogP contribution in [0.3, 0.4) is 0 Å². The van der Waals surface area contributed by atoms with Crippen molar-refractivity contribution >= 4 is 50.7 Å². The molecule has 0 radical (unpaired) electrons. The largest absolute Gasteiger partial charge is 0.306 e. The topological polar surface area (TPSA) is 12.0 Å². The van der Waals surface area contributed by atoms with Gasteiger partial charge in [-0.3, -0.25) is 0 Å². The lowest BCUT2D eigenvalue weighted by Gasteiger charge is -2.21. The standard InChI is InChI=1S/C16H15BrCl3N/c1-2-5-21-16(10-6-11(17)8-13(19)7-10)14-4-3-12(18)9-15(14)20/h3-4,6-9,16,21H,2,5H2,1H3. The third-order valence-corrected chi connectivity index (χ3v) is 4.33. The second-order valence-corrected chi connectivity index (χ2v) is 6.95. The average molecular weight is 408 g/mol. The Morgan fingerprint density at radius 1 is 1.05 bits per heavy atom. The molecule has 0 aliphatic carbocycles. The Morgan fingerprint density at radius 2 is 1.81 bits per heavy atom. The second kappa shape index (κ2) is 7.85. The minimum absolute atomic E-state index is 0.0234. The molecule has 2 aromatic rings. The lowest BCUT2D eigenvalue weighted by atomic mass is 9.98. The molecule has 0 spiro atoms. The fourth-order valence-corrected chi connectivity index (χ4v) is 3.58. The van der Waals surface area contributed by atoms with Crippen LogP contribution in [-0.2, 0) is 0 Å². The van der Waals surface area contributed by atoms with E-state index in [1.807, 2.05) is 30.3 Å². The van der Waals surface area contributed by atoms with Crippen molar-refractivity contribution in [2.75, 3.05) is 6.54 Å². The Morgan fingerprint density at radius 3 is 2.43 bits per heavy atom. The van der Waals surface area contributed by atoms with Gasteiger partial charge in [-0.2, -0.15) is 0 Å². The van der Waals surface area contributed by atoms with Crippen molar-refractivity contribution in [2.45, 2.75) is 19.4 Å².